The first-order chi connectivity index (χ1) is 7.99. The number of phenolic OH excluding ortho intramolecular Hbond substituents is 1. The van der Waals surface area contributed by atoms with Crippen molar-refractivity contribution in [2.24, 2.45) is 5.73 Å². The van der Waals surface area contributed by atoms with E-state index in [1.165, 1.54) is 26.4 Å². The predicted molar refractivity (Wildman–Crippen MR) is 66.0 cm³/mol. The van der Waals surface area contributed by atoms with E-state index in [-0.39, 0.29) is 29.7 Å². The zero-order valence-corrected chi connectivity index (χ0v) is 10.8. The van der Waals surface area contributed by atoms with Crippen LogP contribution in [0.1, 0.15) is 18.0 Å². The molecule has 1 aromatic rings. The van der Waals surface area contributed by atoms with Crippen LogP contribution in [0.2, 0.25) is 0 Å². The summed E-state index contributed by atoms with van der Waals surface area (Å²) in [7, 11) is 2.74. The third kappa shape index (κ3) is 3.89. The van der Waals surface area contributed by atoms with Crippen LogP contribution in [0.25, 0.3) is 0 Å². The highest BCUT2D eigenvalue weighted by Gasteiger charge is 2.22. The number of ether oxygens (including phenoxy) is 2. The van der Waals surface area contributed by atoms with Gasteiger partial charge in [0.15, 0.2) is 0 Å². The van der Waals surface area contributed by atoms with E-state index in [9.17, 15) is 13.9 Å². The summed E-state index contributed by atoms with van der Waals surface area (Å²) < 4.78 is 34.6. The lowest BCUT2D eigenvalue weighted by Gasteiger charge is -2.19. The average Bonchev–Trinajstić information content (AvgIpc) is 2.26. The number of methoxy groups -OCH3 is 2. The number of phenols is 1. The number of hydrogen-bond donors (Lipinski definition) is 2. The zero-order valence-electron chi connectivity index (χ0n) is 10.0. The number of hydrogen-bond acceptors (Lipinski definition) is 4. The number of aromatic hydroxyl groups is 1. The van der Waals surface area contributed by atoms with Gasteiger partial charge >= 0.3 is 0 Å². The van der Waals surface area contributed by atoms with Gasteiger partial charge in [0.05, 0.1) is 19.8 Å². The Morgan fingerprint density at radius 2 is 1.67 bits per heavy atom. The number of nitrogens with two attached hydrogens (primary N) is 1. The molecule has 0 saturated heterocycles. The molecule has 0 heterocycles. The summed E-state index contributed by atoms with van der Waals surface area (Å²) >= 11 is 0. The molecule has 1 atom stereocenters. The Balaban J connectivity index is 0.00000289. The van der Waals surface area contributed by atoms with Gasteiger partial charge in [-0.2, -0.15) is 0 Å². The summed E-state index contributed by atoms with van der Waals surface area (Å²) in [6, 6.07) is 1.70. The van der Waals surface area contributed by atoms with Crippen LogP contribution < -0.4 is 15.2 Å². The third-order valence-electron chi connectivity index (χ3n) is 2.33. The zero-order chi connectivity index (χ0) is 13.0. The number of rotatable bonds is 5. The molecule has 0 aliphatic heterocycles. The fourth-order valence-electron chi connectivity index (χ4n) is 1.60. The van der Waals surface area contributed by atoms with Crippen molar-refractivity contribution in [3.05, 3.63) is 17.7 Å². The highest BCUT2D eigenvalue weighted by Crippen LogP contribution is 2.38. The average molecular weight is 284 g/mol. The lowest BCUT2D eigenvalue weighted by atomic mass is 10.0. The number of benzene rings is 1. The van der Waals surface area contributed by atoms with Crippen molar-refractivity contribution < 1.29 is 23.4 Å². The van der Waals surface area contributed by atoms with Gasteiger partial charge in [0.2, 0.25) is 6.43 Å². The van der Waals surface area contributed by atoms with Gasteiger partial charge < -0.3 is 20.3 Å². The maximum absolute atomic E-state index is 12.3. The van der Waals surface area contributed by atoms with Crippen molar-refractivity contribution >= 4 is 12.4 Å². The van der Waals surface area contributed by atoms with E-state index in [0.717, 1.165) is 0 Å². The summed E-state index contributed by atoms with van der Waals surface area (Å²) in [4.78, 5) is 0. The Hall–Kier alpha value is -1.27. The van der Waals surface area contributed by atoms with E-state index in [0.29, 0.717) is 5.56 Å². The fourth-order valence-corrected chi connectivity index (χ4v) is 1.60. The van der Waals surface area contributed by atoms with Crippen molar-refractivity contribution in [3.8, 4) is 17.2 Å². The summed E-state index contributed by atoms with van der Waals surface area (Å²) in [5.41, 5.74) is 6.00. The largest absolute Gasteiger partial charge is 0.508 e. The van der Waals surface area contributed by atoms with Crippen LogP contribution in [0.5, 0.6) is 17.2 Å². The quantitative estimate of drug-likeness (QED) is 0.871. The second kappa shape index (κ2) is 7.23. The van der Waals surface area contributed by atoms with Crippen molar-refractivity contribution in [1.29, 1.82) is 0 Å². The van der Waals surface area contributed by atoms with Gasteiger partial charge in [0.1, 0.15) is 17.2 Å². The van der Waals surface area contributed by atoms with Crippen molar-refractivity contribution in [2.75, 3.05) is 14.2 Å². The lowest BCUT2D eigenvalue weighted by Crippen LogP contribution is -2.16. The molecule has 0 aromatic heterocycles. The summed E-state index contributed by atoms with van der Waals surface area (Å²) in [5, 5.41) is 9.40. The molecule has 0 fully saturated rings. The molecule has 0 unspecified atom stereocenters. The molecule has 1 aromatic carbocycles. The number of halogens is 3. The lowest BCUT2D eigenvalue weighted by molar-refractivity contribution is 0.127. The molecule has 0 radical (unpaired) electrons. The van der Waals surface area contributed by atoms with E-state index >= 15 is 0 Å². The molecule has 18 heavy (non-hydrogen) atoms. The molecule has 0 spiro atoms. The first kappa shape index (κ1) is 16.7. The fraction of sp³-hybridized carbons (Fsp3) is 0.455. The normalized spacial score (nSPS) is 11.9. The molecule has 0 bridgehead atoms. The van der Waals surface area contributed by atoms with Crippen LogP contribution in [0.15, 0.2) is 12.1 Å². The molecule has 4 nitrogen and oxygen atoms in total. The smallest absolute Gasteiger partial charge is 0.240 e. The highest BCUT2D eigenvalue weighted by molar-refractivity contribution is 5.85. The van der Waals surface area contributed by atoms with Crippen LogP contribution in [-0.2, 0) is 0 Å². The van der Waals surface area contributed by atoms with Gasteiger partial charge in [-0.05, 0) is 0 Å². The monoisotopic (exact) mass is 283 g/mol. The summed E-state index contributed by atoms with van der Waals surface area (Å²) in [5.74, 6) is 0.386. The Morgan fingerprint density at radius 3 is 2.00 bits per heavy atom. The Kier molecular flexibility index (Phi) is 6.72. The Bertz CT molecular complexity index is 366. The van der Waals surface area contributed by atoms with E-state index in [4.69, 9.17) is 15.2 Å². The molecule has 7 heteroatoms. The standard InChI is InChI=1S/C11H15F2NO3.ClH/c1-16-8-3-6(15)4-9(17-2)11(8)7(14)5-10(12)13;/h3-4,7,10,15H,5,14H2,1-2H3;1H/t7-;/m0./s1. The minimum Gasteiger partial charge on any atom is -0.508 e. The topological polar surface area (TPSA) is 64.7 Å². The van der Waals surface area contributed by atoms with Crippen molar-refractivity contribution in [2.45, 2.75) is 18.9 Å². The van der Waals surface area contributed by atoms with Crippen molar-refractivity contribution in [1.82, 2.24) is 0 Å². The SMILES string of the molecule is COc1cc(O)cc(OC)c1[C@@H](N)CC(F)F.Cl. The van der Waals surface area contributed by atoms with Gasteiger partial charge in [-0.1, -0.05) is 0 Å². The maximum Gasteiger partial charge on any atom is 0.240 e. The van der Waals surface area contributed by atoms with Gasteiger partial charge in [-0.15, -0.1) is 12.4 Å². The van der Waals surface area contributed by atoms with Gasteiger partial charge in [0.25, 0.3) is 0 Å². The van der Waals surface area contributed by atoms with Crippen LogP contribution in [0.4, 0.5) is 8.78 Å². The first-order valence-corrected chi connectivity index (χ1v) is 4.98. The molecule has 1 rings (SSSR count). The molecule has 0 amide bonds. The van der Waals surface area contributed by atoms with E-state index in [1.54, 1.807) is 0 Å². The van der Waals surface area contributed by atoms with Crippen LogP contribution in [0, 0.1) is 0 Å². The van der Waals surface area contributed by atoms with Crippen LogP contribution >= 0.6 is 12.4 Å². The summed E-state index contributed by atoms with van der Waals surface area (Å²) in [6.45, 7) is 0. The molecule has 0 aliphatic rings. The minimum absolute atomic E-state index is 0. The highest BCUT2D eigenvalue weighted by atomic mass is 35.5. The predicted octanol–water partition coefficient (Wildman–Crippen LogP) is 2.49. The molecule has 0 aliphatic carbocycles. The van der Waals surface area contributed by atoms with Gasteiger partial charge in [-0.3, -0.25) is 0 Å². The van der Waals surface area contributed by atoms with Gasteiger partial charge in [0, 0.05) is 24.6 Å². The van der Waals surface area contributed by atoms with Crippen LogP contribution in [0.3, 0.4) is 0 Å². The van der Waals surface area contributed by atoms with Crippen molar-refractivity contribution in [3.63, 3.8) is 0 Å². The molecule has 0 saturated carbocycles. The molecule has 3 N–H and O–H groups in total. The number of alkyl halides is 2. The molecular formula is C11H16ClF2NO3. The Labute approximate surface area is 110 Å². The summed E-state index contributed by atoms with van der Waals surface area (Å²) in [6.07, 6.45) is -3.02. The molecule has 104 valence electrons. The second-order valence-corrected chi connectivity index (χ2v) is 3.50. The van der Waals surface area contributed by atoms with E-state index in [1.807, 2.05) is 0 Å². The van der Waals surface area contributed by atoms with Gasteiger partial charge in [-0.25, -0.2) is 8.78 Å². The minimum atomic E-state index is -2.52. The molecular weight excluding hydrogens is 268 g/mol. The Morgan fingerprint density at radius 1 is 1.22 bits per heavy atom. The third-order valence-corrected chi connectivity index (χ3v) is 2.33. The van der Waals surface area contributed by atoms with E-state index in [2.05, 4.69) is 0 Å². The maximum atomic E-state index is 12.3. The van der Waals surface area contributed by atoms with Crippen LogP contribution in [-0.4, -0.2) is 25.8 Å². The van der Waals surface area contributed by atoms with E-state index < -0.39 is 18.9 Å². The first-order valence-electron chi connectivity index (χ1n) is 4.98. The second-order valence-electron chi connectivity index (χ2n) is 3.50.